The first-order chi connectivity index (χ1) is 3.18. The molecule has 0 aliphatic carbocycles. The fourth-order valence-corrected chi connectivity index (χ4v) is 0.305. The molecule has 0 fully saturated rings. The smallest absolute Gasteiger partial charge is 0.281 e. The number of nitrogens with two attached hydrogens (primary N) is 1. The summed E-state index contributed by atoms with van der Waals surface area (Å²) >= 11 is 4.61. The van der Waals surface area contributed by atoms with Gasteiger partial charge in [-0.1, -0.05) is 0 Å². The Labute approximate surface area is 64.8 Å². The molecule has 0 aromatic rings. The van der Waals surface area contributed by atoms with Gasteiger partial charge in [0.05, 0.1) is 0 Å². The van der Waals surface area contributed by atoms with Gasteiger partial charge >= 0.3 is 0 Å². The summed E-state index contributed by atoms with van der Waals surface area (Å²) in [5.41, 5.74) is 3.44. The van der Waals surface area contributed by atoms with Crippen molar-refractivity contribution in [3.8, 4) is 0 Å². The number of nitrogens with zero attached hydrogens (tertiary/aromatic N) is 1. The second-order valence-electron chi connectivity index (χ2n) is 1.18. The van der Waals surface area contributed by atoms with Crippen LogP contribution in [-0.2, 0) is 0 Å². The molecule has 0 amide bonds. The van der Waals surface area contributed by atoms with Gasteiger partial charge < -0.3 is 17.0 Å². The number of hydrazine groups is 1. The molecule has 0 bridgehead atoms. The summed E-state index contributed by atoms with van der Waals surface area (Å²) in [6.45, 7) is 2.64. The van der Waals surface area contributed by atoms with E-state index in [0.29, 0.717) is 5.11 Å². The van der Waals surface area contributed by atoms with Crippen LogP contribution in [0.15, 0.2) is 0 Å². The fourth-order valence-electron chi connectivity index (χ4n) is 0.176. The minimum Gasteiger partial charge on any atom is -1.00 e. The van der Waals surface area contributed by atoms with Crippen molar-refractivity contribution < 1.29 is 22.7 Å². The molecule has 50 valence electrons. The van der Waals surface area contributed by atoms with E-state index in [-0.39, 0.29) is 17.0 Å². The highest BCUT2D eigenvalue weighted by Gasteiger charge is 1.95. The Balaban J connectivity index is 0. The average Bonchev–Trinajstić information content (AvgIpc) is 1.65. The minimum atomic E-state index is 0. The molecule has 0 aliphatic heterocycles. The van der Waals surface area contributed by atoms with Crippen LogP contribution in [0.1, 0.15) is 6.92 Å². The van der Waals surface area contributed by atoms with Gasteiger partial charge in [0.25, 0.3) is 5.11 Å². The predicted molar refractivity (Wildman–Crippen MR) is 32.1 cm³/mol. The van der Waals surface area contributed by atoms with Crippen LogP contribution in [-0.4, -0.2) is 16.7 Å². The van der Waals surface area contributed by atoms with Crippen molar-refractivity contribution >= 4 is 17.3 Å². The van der Waals surface area contributed by atoms with Gasteiger partial charge in [-0.25, -0.2) is 5.84 Å². The molecule has 0 atom stereocenters. The molecule has 5 heteroatoms. The molecule has 5 N–H and O–H groups in total. The maximum Gasteiger partial charge on any atom is 0.281 e. The molecule has 8 heavy (non-hydrogen) atoms. The number of rotatable bonds is 1. The SMILES string of the molecule is CCN(N)C([NH3+])=S.[Br-]. The molecule has 0 rings (SSSR count). The van der Waals surface area contributed by atoms with Crippen LogP contribution in [0.5, 0.6) is 0 Å². The van der Waals surface area contributed by atoms with Crippen LogP contribution >= 0.6 is 12.2 Å². The summed E-state index contributed by atoms with van der Waals surface area (Å²) < 4.78 is 0. The molecule has 0 saturated heterocycles. The zero-order chi connectivity index (χ0) is 5.86. The van der Waals surface area contributed by atoms with Gasteiger partial charge in [0.15, 0.2) is 0 Å². The lowest BCUT2D eigenvalue weighted by Crippen LogP contribution is -3.00. The van der Waals surface area contributed by atoms with E-state index in [1.165, 1.54) is 5.01 Å². The third-order valence-corrected chi connectivity index (χ3v) is 0.896. The number of hydrogen-bond acceptors (Lipinski definition) is 2. The second kappa shape index (κ2) is 5.43. The van der Waals surface area contributed by atoms with E-state index in [2.05, 4.69) is 18.0 Å². The van der Waals surface area contributed by atoms with Gasteiger partial charge in [-0.15, -0.1) is 0 Å². The van der Waals surface area contributed by atoms with Gasteiger partial charge in [0.2, 0.25) is 0 Å². The molecule has 0 spiro atoms. The van der Waals surface area contributed by atoms with Crippen molar-refractivity contribution in [3.05, 3.63) is 0 Å². The third-order valence-electron chi connectivity index (χ3n) is 0.661. The van der Waals surface area contributed by atoms with E-state index in [4.69, 9.17) is 5.84 Å². The molecule has 0 aromatic heterocycles. The molecule has 0 unspecified atom stereocenters. The summed E-state index contributed by atoms with van der Waals surface area (Å²) in [6, 6.07) is 0. The highest BCUT2D eigenvalue weighted by molar-refractivity contribution is 7.79. The second-order valence-corrected chi connectivity index (χ2v) is 1.65. The van der Waals surface area contributed by atoms with Crippen LogP contribution in [0.2, 0.25) is 0 Å². The molecule has 0 radical (unpaired) electrons. The molecular weight excluding hydrogens is 190 g/mol. The normalized spacial score (nSPS) is 7.38. The van der Waals surface area contributed by atoms with Crippen LogP contribution < -0.4 is 28.6 Å². The first-order valence-electron chi connectivity index (χ1n) is 2.06. The molecule has 0 saturated carbocycles. The predicted octanol–water partition coefficient (Wildman–Crippen LogP) is -4.29. The Hall–Kier alpha value is 0.290. The van der Waals surface area contributed by atoms with Gasteiger partial charge in [-0.3, -0.25) is 10.7 Å². The summed E-state index contributed by atoms with van der Waals surface area (Å²) in [6.07, 6.45) is 0. The average molecular weight is 200 g/mol. The van der Waals surface area contributed by atoms with E-state index in [1.807, 2.05) is 6.92 Å². The Kier molecular flexibility index (Phi) is 7.55. The van der Waals surface area contributed by atoms with Crippen molar-refractivity contribution in [1.29, 1.82) is 0 Å². The highest BCUT2D eigenvalue weighted by atomic mass is 79.9. The quantitative estimate of drug-likeness (QED) is 0.256. The lowest BCUT2D eigenvalue weighted by molar-refractivity contribution is -0.228. The maximum absolute atomic E-state index is 5.25. The summed E-state index contributed by atoms with van der Waals surface area (Å²) in [4.78, 5) is 0. The first kappa shape index (κ1) is 11.1. The van der Waals surface area contributed by atoms with Crippen molar-refractivity contribution in [3.63, 3.8) is 0 Å². The van der Waals surface area contributed by atoms with Crippen molar-refractivity contribution in [2.75, 3.05) is 6.54 Å². The van der Waals surface area contributed by atoms with Crippen LogP contribution in [0.3, 0.4) is 0 Å². The van der Waals surface area contributed by atoms with E-state index in [1.54, 1.807) is 0 Å². The van der Waals surface area contributed by atoms with Crippen LogP contribution in [0, 0.1) is 0 Å². The Morgan fingerprint density at radius 3 is 2.25 bits per heavy atom. The number of quaternary nitrogens is 1. The molecule has 0 aromatic carbocycles. The molecule has 0 aliphatic rings. The zero-order valence-corrected chi connectivity index (χ0v) is 7.13. The number of halogens is 1. The van der Waals surface area contributed by atoms with Gasteiger partial charge in [0.1, 0.15) is 0 Å². The summed E-state index contributed by atoms with van der Waals surface area (Å²) in [5, 5.41) is 1.90. The van der Waals surface area contributed by atoms with Crippen LogP contribution in [0.25, 0.3) is 0 Å². The van der Waals surface area contributed by atoms with Gasteiger partial charge in [0, 0.05) is 18.8 Å². The van der Waals surface area contributed by atoms with E-state index in [9.17, 15) is 0 Å². The number of thiocarbonyl (C=S) groups is 1. The zero-order valence-electron chi connectivity index (χ0n) is 4.72. The van der Waals surface area contributed by atoms with Crippen LogP contribution in [0.4, 0.5) is 0 Å². The highest BCUT2D eigenvalue weighted by Crippen LogP contribution is 1.69. The Morgan fingerprint density at radius 1 is 1.88 bits per heavy atom. The van der Waals surface area contributed by atoms with E-state index < -0.39 is 0 Å². The lowest BCUT2D eigenvalue weighted by Gasteiger charge is -2.07. The topological polar surface area (TPSA) is 56.9 Å². The Morgan fingerprint density at radius 2 is 2.25 bits per heavy atom. The largest absolute Gasteiger partial charge is 1.00 e. The fraction of sp³-hybridized carbons (Fsp3) is 0.667. The van der Waals surface area contributed by atoms with E-state index >= 15 is 0 Å². The molecule has 0 heterocycles. The van der Waals surface area contributed by atoms with Crippen molar-refractivity contribution in [2.45, 2.75) is 6.92 Å². The first-order valence-corrected chi connectivity index (χ1v) is 2.47. The molecule has 3 nitrogen and oxygen atoms in total. The molecular formula is C3H10BrN3S. The maximum atomic E-state index is 5.25. The lowest BCUT2D eigenvalue weighted by atomic mass is 10.7. The van der Waals surface area contributed by atoms with E-state index in [0.717, 1.165) is 6.54 Å². The van der Waals surface area contributed by atoms with Gasteiger partial charge in [-0.05, 0) is 6.92 Å². The summed E-state index contributed by atoms with van der Waals surface area (Å²) in [5.74, 6) is 5.25. The van der Waals surface area contributed by atoms with Crippen molar-refractivity contribution in [2.24, 2.45) is 5.84 Å². The number of hydrogen-bond donors (Lipinski definition) is 2. The summed E-state index contributed by atoms with van der Waals surface area (Å²) in [7, 11) is 0. The van der Waals surface area contributed by atoms with Crippen molar-refractivity contribution in [1.82, 2.24) is 5.01 Å². The Bertz CT molecular complexity index is 76.9. The monoisotopic (exact) mass is 199 g/mol. The standard InChI is InChI=1S/C3H9N3S.BrH/c1-2-6(5)3(4)7;/h2,5H2,1H3,(H2,4,7);1H. The minimum absolute atomic E-state index is 0. The van der Waals surface area contributed by atoms with Gasteiger partial charge in [-0.2, -0.15) is 0 Å². The third kappa shape index (κ3) is 4.45.